The molecule has 0 aliphatic carbocycles. The maximum absolute atomic E-state index is 14.0. The van der Waals surface area contributed by atoms with Crippen LogP contribution in [0.15, 0.2) is 100 Å². The van der Waals surface area contributed by atoms with Gasteiger partial charge >= 0.3 is 0 Å². The molecule has 0 aliphatic heterocycles. The molecule has 6 rings (SSSR count). The summed E-state index contributed by atoms with van der Waals surface area (Å²) in [6.07, 6.45) is 2.40. The molecule has 0 saturated carbocycles. The Morgan fingerprint density at radius 1 is 0.930 bits per heavy atom. The van der Waals surface area contributed by atoms with E-state index in [9.17, 15) is 4.79 Å². The summed E-state index contributed by atoms with van der Waals surface area (Å²) in [6, 6.07) is 27.5. The Balaban J connectivity index is 1.51. The number of hydrogen-bond donors (Lipinski definition) is 1. The van der Waals surface area contributed by atoms with Crippen LogP contribution in [-0.2, 0) is 26.1 Å². The van der Waals surface area contributed by atoms with Crippen LogP contribution in [0.1, 0.15) is 45.4 Å². The summed E-state index contributed by atoms with van der Waals surface area (Å²) < 4.78 is 13.1. The van der Waals surface area contributed by atoms with Crippen LogP contribution < -0.4 is 10.3 Å². The number of aromatic amines is 1. The number of aryl methyl sites for hydroxylation is 4. The topological polar surface area (TPSA) is 102 Å². The second-order valence-electron chi connectivity index (χ2n) is 10.8. The first-order valence-electron chi connectivity index (χ1n) is 14.3. The fraction of sp³-hybridized carbons (Fsp3) is 0.235. The minimum absolute atomic E-state index is 0.182. The predicted molar refractivity (Wildman–Crippen MR) is 165 cm³/mol. The van der Waals surface area contributed by atoms with Crippen LogP contribution in [0.3, 0.4) is 0 Å². The van der Waals surface area contributed by atoms with Crippen molar-refractivity contribution in [2.75, 3.05) is 7.11 Å². The van der Waals surface area contributed by atoms with E-state index in [1.165, 1.54) is 5.56 Å². The van der Waals surface area contributed by atoms with Crippen LogP contribution in [0.5, 0.6) is 5.75 Å². The molecule has 3 aromatic heterocycles. The molecule has 6 aromatic rings. The lowest BCUT2D eigenvalue weighted by Crippen LogP contribution is -2.35. The van der Waals surface area contributed by atoms with Crippen LogP contribution in [0.25, 0.3) is 10.9 Å². The molecule has 0 radical (unpaired) electrons. The van der Waals surface area contributed by atoms with Crippen LogP contribution in [0.2, 0.25) is 0 Å². The standard InChI is InChI=1S/C34H34N6O3/c1-23-14-15-24(2)31-29(23)20-30(34(41)35-31)32(33-36-37-38-40(33)17-16-25-9-5-4-6-10-25)39(22-28-13-8-18-43-28)21-26-11-7-12-27(19-26)42-3/h4-15,18-20,32H,16-17,21-22H2,1-3H3,(H,35,41)/t32-/m1/s1. The van der Waals surface area contributed by atoms with Gasteiger partial charge in [0.05, 0.1) is 25.4 Å². The van der Waals surface area contributed by atoms with Gasteiger partial charge in [-0.3, -0.25) is 9.69 Å². The smallest absolute Gasteiger partial charge is 0.253 e. The molecule has 9 nitrogen and oxygen atoms in total. The van der Waals surface area contributed by atoms with E-state index < -0.39 is 6.04 Å². The molecular weight excluding hydrogens is 540 g/mol. The number of fused-ring (bicyclic) bond motifs is 1. The van der Waals surface area contributed by atoms with Gasteiger partial charge in [-0.15, -0.1) is 5.10 Å². The van der Waals surface area contributed by atoms with Gasteiger partial charge in [-0.2, -0.15) is 0 Å². The van der Waals surface area contributed by atoms with E-state index in [0.29, 0.717) is 31.0 Å². The van der Waals surface area contributed by atoms with E-state index in [4.69, 9.17) is 9.15 Å². The van der Waals surface area contributed by atoms with Crippen molar-refractivity contribution in [1.29, 1.82) is 0 Å². The number of rotatable bonds is 11. The third-order valence-electron chi connectivity index (χ3n) is 7.85. The van der Waals surface area contributed by atoms with Crippen molar-refractivity contribution in [3.8, 4) is 5.75 Å². The number of pyridine rings is 1. The van der Waals surface area contributed by atoms with E-state index in [-0.39, 0.29) is 5.56 Å². The highest BCUT2D eigenvalue weighted by molar-refractivity contribution is 5.85. The Morgan fingerprint density at radius 3 is 2.53 bits per heavy atom. The van der Waals surface area contributed by atoms with Crippen molar-refractivity contribution in [3.63, 3.8) is 0 Å². The number of aromatic nitrogens is 5. The molecule has 0 aliphatic rings. The third kappa shape index (κ3) is 6.12. The Hall–Kier alpha value is -5.02. The minimum atomic E-state index is -0.588. The first-order valence-corrected chi connectivity index (χ1v) is 14.3. The number of nitrogens with one attached hydrogen (secondary N) is 1. The van der Waals surface area contributed by atoms with Crippen molar-refractivity contribution in [2.24, 2.45) is 0 Å². The molecule has 43 heavy (non-hydrogen) atoms. The number of H-pyrrole nitrogens is 1. The summed E-state index contributed by atoms with van der Waals surface area (Å²) in [5.41, 5.74) is 5.50. The summed E-state index contributed by atoms with van der Waals surface area (Å²) in [7, 11) is 1.66. The molecule has 0 bridgehead atoms. The number of benzene rings is 3. The van der Waals surface area contributed by atoms with E-state index in [1.54, 1.807) is 13.4 Å². The Labute approximate surface area is 249 Å². The summed E-state index contributed by atoms with van der Waals surface area (Å²) in [5, 5.41) is 14.0. The average Bonchev–Trinajstić information content (AvgIpc) is 3.72. The quantitative estimate of drug-likeness (QED) is 0.210. The van der Waals surface area contributed by atoms with Crippen molar-refractivity contribution in [1.82, 2.24) is 30.1 Å². The van der Waals surface area contributed by atoms with Crippen LogP contribution in [0, 0.1) is 13.8 Å². The Bertz CT molecular complexity index is 1880. The summed E-state index contributed by atoms with van der Waals surface area (Å²) >= 11 is 0. The molecule has 9 heteroatoms. The monoisotopic (exact) mass is 574 g/mol. The lowest BCUT2D eigenvalue weighted by molar-refractivity contribution is 0.178. The van der Waals surface area contributed by atoms with Gasteiger partial charge in [-0.1, -0.05) is 54.6 Å². The number of ether oxygens (including phenoxy) is 1. The van der Waals surface area contributed by atoms with Gasteiger partial charge in [0.2, 0.25) is 0 Å². The Kier molecular flexibility index (Phi) is 8.15. The van der Waals surface area contributed by atoms with E-state index >= 15 is 0 Å². The summed E-state index contributed by atoms with van der Waals surface area (Å²) in [5.74, 6) is 2.11. The lowest BCUT2D eigenvalue weighted by Gasteiger charge is -2.30. The van der Waals surface area contributed by atoms with Crippen molar-refractivity contribution in [3.05, 3.63) is 141 Å². The van der Waals surface area contributed by atoms with Crippen molar-refractivity contribution in [2.45, 2.75) is 45.9 Å². The zero-order valence-corrected chi connectivity index (χ0v) is 24.5. The highest BCUT2D eigenvalue weighted by atomic mass is 16.5. The van der Waals surface area contributed by atoms with Gasteiger partial charge in [0, 0.05) is 24.0 Å². The molecular formula is C34H34N6O3. The fourth-order valence-corrected chi connectivity index (χ4v) is 5.59. The highest BCUT2D eigenvalue weighted by Gasteiger charge is 2.31. The number of furan rings is 1. The molecule has 0 fully saturated rings. The molecule has 0 spiro atoms. The first kappa shape index (κ1) is 28.1. The molecule has 1 N–H and O–H groups in total. The number of methoxy groups -OCH3 is 1. The predicted octanol–water partition coefficient (Wildman–Crippen LogP) is 5.77. The first-order chi connectivity index (χ1) is 21.0. The highest BCUT2D eigenvalue weighted by Crippen LogP contribution is 2.32. The largest absolute Gasteiger partial charge is 0.497 e. The number of nitrogens with zero attached hydrogens (tertiary/aromatic N) is 5. The fourth-order valence-electron chi connectivity index (χ4n) is 5.59. The molecule has 0 unspecified atom stereocenters. The SMILES string of the molecule is COc1cccc(CN(Cc2ccco2)[C@H](c2cc3c(C)ccc(C)c3[nH]c2=O)c2nnnn2CCc2ccccc2)c1. The molecule has 3 aromatic carbocycles. The Morgan fingerprint density at radius 2 is 1.74 bits per heavy atom. The molecule has 218 valence electrons. The normalized spacial score (nSPS) is 12.2. The molecule has 0 amide bonds. The van der Waals surface area contributed by atoms with Gasteiger partial charge in [0.1, 0.15) is 17.6 Å². The number of hydrogen-bond acceptors (Lipinski definition) is 7. The zero-order chi connectivity index (χ0) is 29.8. The maximum atomic E-state index is 14.0. The summed E-state index contributed by atoms with van der Waals surface area (Å²) in [4.78, 5) is 19.3. The second-order valence-corrected chi connectivity index (χ2v) is 10.8. The third-order valence-corrected chi connectivity index (χ3v) is 7.85. The van der Waals surface area contributed by atoms with E-state index in [2.05, 4.69) is 50.5 Å². The van der Waals surface area contributed by atoms with Gasteiger partial charge in [-0.05, 0) is 83.3 Å². The van der Waals surface area contributed by atoms with Crippen LogP contribution >= 0.6 is 0 Å². The minimum Gasteiger partial charge on any atom is -0.497 e. The van der Waals surface area contributed by atoms with Crippen LogP contribution in [0.4, 0.5) is 0 Å². The van der Waals surface area contributed by atoms with E-state index in [0.717, 1.165) is 45.5 Å². The zero-order valence-electron chi connectivity index (χ0n) is 24.5. The molecule has 1 atom stereocenters. The van der Waals surface area contributed by atoms with Gasteiger partial charge in [-0.25, -0.2) is 4.68 Å². The molecule has 3 heterocycles. The van der Waals surface area contributed by atoms with Gasteiger partial charge in [0.15, 0.2) is 5.82 Å². The number of tetrazole rings is 1. The van der Waals surface area contributed by atoms with Crippen molar-refractivity contribution >= 4 is 10.9 Å². The van der Waals surface area contributed by atoms with E-state index in [1.807, 2.05) is 78.3 Å². The van der Waals surface area contributed by atoms with Crippen molar-refractivity contribution < 1.29 is 9.15 Å². The lowest BCUT2D eigenvalue weighted by atomic mass is 9.99. The molecule has 0 saturated heterocycles. The van der Waals surface area contributed by atoms with Crippen LogP contribution in [-0.4, -0.2) is 37.2 Å². The summed E-state index contributed by atoms with van der Waals surface area (Å²) in [6.45, 7) is 5.52. The van der Waals surface area contributed by atoms with Gasteiger partial charge in [0.25, 0.3) is 5.56 Å². The average molecular weight is 575 g/mol. The second kappa shape index (κ2) is 12.5. The van der Waals surface area contributed by atoms with Gasteiger partial charge < -0.3 is 14.1 Å². The maximum Gasteiger partial charge on any atom is 0.253 e.